The molecule has 1 aliphatic rings. The number of nitrogens with zero attached hydrogens (tertiary/aromatic N) is 2. The Morgan fingerprint density at radius 3 is 2.64 bits per heavy atom. The van der Waals surface area contributed by atoms with E-state index in [0.29, 0.717) is 31.2 Å². The van der Waals surface area contributed by atoms with Crippen molar-refractivity contribution in [2.24, 2.45) is 0 Å². The molecule has 7 heteroatoms. The number of fused-ring (bicyclic) bond motifs is 1. The van der Waals surface area contributed by atoms with Gasteiger partial charge in [0.1, 0.15) is 0 Å². The van der Waals surface area contributed by atoms with Crippen molar-refractivity contribution in [2.45, 2.75) is 6.92 Å². The van der Waals surface area contributed by atoms with Crippen molar-refractivity contribution in [3.8, 4) is 0 Å². The molecule has 0 aliphatic carbocycles. The second-order valence-corrected chi connectivity index (χ2v) is 5.92. The smallest absolute Gasteiger partial charge is 0.323 e. The second-order valence-electron chi connectivity index (χ2n) is 5.32. The van der Waals surface area contributed by atoms with Gasteiger partial charge in [-0.3, -0.25) is 4.79 Å². The SMILES string of the molecule is C/C(Cl)=C/C(=O)N1CCN(c2cccc3[nH]c(=O)[nH]c23)CC1. The molecule has 1 amide bonds. The number of H-pyrrole nitrogens is 2. The van der Waals surface area contributed by atoms with Gasteiger partial charge in [-0.05, 0) is 19.1 Å². The van der Waals surface area contributed by atoms with Crippen LogP contribution in [0, 0.1) is 0 Å². The van der Waals surface area contributed by atoms with Crippen LogP contribution in [0.5, 0.6) is 0 Å². The number of para-hydroxylation sites is 1. The number of piperazine rings is 1. The van der Waals surface area contributed by atoms with Gasteiger partial charge in [-0.1, -0.05) is 17.7 Å². The molecule has 1 fully saturated rings. The molecule has 0 spiro atoms. The lowest BCUT2D eigenvalue weighted by molar-refractivity contribution is -0.126. The summed E-state index contributed by atoms with van der Waals surface area (Å²) in [6.45, 7) is 4.38. The van der Waals surface area contributed by atoms with Crippen molar-refractivity contribution in [1.29, 1.82) is 0 Å². The van der Waals surface area contributed by atoms with Gasteiger partial charge in [0.15, 0.2) is 0 Å². The molecular formula is C15H17ClN4O2. The average molecular weight is 321 g/mol. The van der Waals surface area contributed by atoms with Gasteiger partial charge in [-0.2, -0.15) is 0 Å². The number of halogens is 1. The largest absolute Gasteiger partial charge is 0.366 e. The highest BCUT2D eigenvalue weighted by Crippen LogP contribution is 2.24. The number of anilines is 1. The summed E-state index contributed by atoms with van der Waals surface area (Å²) in [5, 5.41) is 0.488. The molecule has 0 atom stereocenters. The van der Waals surface area contributed by atoms with Gasteiger partial charge in [0.25, 0.3) is 0 Å². The van der Waals surface area contributed by atoms with Gasteiger partial charge in [-0.15, -0.1) is 0 Å². The van der Waals surface area contributed by atoms with Crippen molar-refractivity contribution in [3.05, 3.63) is 39.8 Å². The first kappa shape index (κ1) is 14.7. The number of carbonyl (C=O) groups is 1. The molecule has 3 rings (SSSR count). The molecule has 0 radical (unpaired) electrons. The number of aromatic nitrogens is 2. The molecule has 1 aromatic heterocycles. The van der Waals surface area contributed by atoms with Crippen LogP contribution in [0.4, 0.5) is 5.69 Å². The van der Waals surface area contributed by atoms with E-state index < -0.39 is 0 Å². The Bertz CT molecular complexity index is 780. The van der Waals surface area contributed by atoms with Crippen LogP contribution in [0.25, 0.3) is 11.0 Å². The lowest BCUT2D eigenvalue weighted by Gasteiger charge is -2.35. The highest BCUT2D eigenvalue weighted by molar-refractivity contribution is 6.30. The average Bonchev–Trinajstić information content (AvgIpc) is 2.86. The summed E-state index contributed by atoms with van der Waals surface area (Å²) >= 11 is 5.75. The molecule has 1 saturated heterocycles. The number of aromatic amines is 2. The van der Waals surface area contributed by atoms with E-state index in [1.807, 2.05) is 18.2 Å². The molecule has 22 heavy (non-hydrogen) atoms. The van der Waals surface area contributed by atoms with Crippen LogP contribution in [0.1, 0.15) is 6.92 Å². The summed E-state index contributed by atoms with van der Waals surface area (Å²) < 4.78 is 0. The van der Waals surface area contributed by atoms with Crippen LogP contribution >= 0.6 is 11.6 Å². The van der Waals surface area contributed by atoms with E-state index in [4.69, 9.17) is 11.6 Å². The van der Waals surface area contributed by atoms with Crippen molar-refractivity contribution in [1.82, 2.24) is 14.9 Å². The number of carbonyl (C=O) groups excluding carboxylic acids is 1. The molecule has 2 aromatic rings. The fourth-order valence-electron chi connectivity index (χ4n) is 2.74. The molecule has 2 N–H and O–H groups in total. The number of allylic oxidation sites excluding steroid dienone is 1. The fourth-order valence-corrected chi connectivity index (χ4v) is 2.83. The van der Waals surface area contributed by atoms with Crippen LogP contribution in [0.2, 0.25) is 0 Å². The number of imidazole rings is 1. The predicted octanol–water partition coefficient (Wildman–Crippen LogP) is 1.65. The van der Waals surface area contributed by atoms with Crippen molar-refractivity contribution in [2.75, 3.05) is 31.1 Å². The molecular weight excluding hydrogens is 304 g/mol. The third-order valence-corrected chi connectivity index (χ3v) is 3.89. The summed E-state index contributed by atoms with van der Waals surface area (Å²) in [7, 11) is 0. The van der Waals surface area contributed by atoms with Crippen LogP contribution in [0.15, 0.2) is 34.1 Å². The van der Waals surface area contributed by atoms with Crippen molar-refractivity contribution < 1.29 is 4.79 Å². The summed E-state index contributed by atoms with van der Waals surface area (Å²) in [4.78, 5) is 33.0. The Hall–Kier alpha value is -2.21. The Balaban J connectivity index is 1.77. The van der Waals surface area contributed by atoms with Crippen LogP contribution < -0.4 is 10.6 Å². The van der Waals surface area contributed by atoms with Gasteiger partial charge in [-0.25, -0.2) is 4.79 Å². The first-order chi connectivity index (χ1) is 10.5. The van der Waals surface area contributed by atoms with Gasteiger partial charge in [0.05, 0.1) is 16.7 Å². The minimum atomic E-state index is -0.209. The Morgan fingerprint density at radius 2 is 1.95 bits per heavy atom. The first-order valence-corrected chi connectivity index (χ1v) is 7.51. The molecule has 1 aromatic carbocycles. The maximum absolute atomic E-state index is 12.0. The normalized spacial score (nSPS) is 16.4. The summed E-state index contributed by atoms with van der Waals surface area (Å²) in [5.41, 5.74) is 2.37. The van der Waals surface area contributed by atoms with E-state index in [0.717, 1.165) is 16.7 Å². The molecule has 0 unspecified atom stereocenters. The molecule has 0 saturated carbocycles. The molecule has 1 aliphatic heterocycles. The zero-order chi connectivity index (χ0) is 15.7. The minimum Gasteiger partial charge on any atom is -0.366 e. The van der Waals surface area contributed by atoms with Crippen molar-refractivity contribution in [3.63, 3.8) is 0 Å². The number of hydrogen-bond donors (Lipinski definition) is 2. The second kappa shape index (κ2) is 5.88. The number of hydrogen-bond acceptors (Lipinski definition) is 3. The summed E-state index contributed by atoms with van der Waals surface area (Å²) in [5.74, 6) is -0.0552. The summed E-state index contributed by atoms with van der Waals surface area (Å²) in [6, 6.07) is 5.76. The van der Waals surface area contributed by atoms with E-state index in [1.165, 1.54) is 6.08 Å². The molecule has 0 bridgehead atoms. The van der Waals surface area contributed by atoms with E-state index in [1.54, 1.807) is 11.8 Å². The first-order valence-electron chi connectivity index (χ1n) is 7.13. The molecule has 6 nitrogen and oxygen atoms in total. The van der Waals surface area contributed by atoms with Gasteiger partial charge in [0, 0.05) is 37.3 Å². The highest BCUT2D eigenvalue weighted by Gasteiger charge is 2.21. The maximum atomic E-state index is 12.0. The van der Waals surface area contributed by atoms with E-state index in [9.17, 15) is 9.59 Å². The molecule has 116 valence electrons. The van der Waals surface area contributed by atoms with Gasteiger partial charge in [0.2, 0.25) is 5.91 Å². The highest BCUT2D eigenvalue weighted by atomic mass is 35.5. The minimum absolute atomic E-state index is 0.0552. The Kier molecular flexibility index (Phi) is 3.94. The maximum Gasteiger partial charge on any atom is 0.323 e. The van der Waals surface area contributed by atoms with E-state index in [-0.39, 0.29) is 11.6 Å². The number of amides is 1. The van der Waals surface area contributed by atoms with Crippen LogP contribution in [-0.2, 0) is 4.79 Å². The Morgan fingerprint density at radius 1 is 1.23 bits per heavy atom. The predicted molar refractivity (Wildman–Crippen MR) is 87.3 cm³/mol. The monoisotopic (exact) mass is 320 g/mol. The summed E-state index contributed by atoms with van der Waals surface area (Å²) in [6.07, 6.45) is 1.45. The lowest BCUT2D eigenvalue weighted by atomic mass is 10.2. The topological polar surface area (TPSA) is 72.2 Å². The number of rotatable bonds is 2. The number of nitrogens with one attached hydrogen (secondary N) is 2. The third kappa shape index (κ3) is 2.87. The van der Waals surface area contributed by atoms with Gasteiger partial charge >= 0.3 is 5.69 Å². The van der Waals surface area contributed by atoms with Crippen molar-refractivity contribution >= 4 is 34.2 Å². The van der Waals surface area contributed by atoms with Crippen LogP contribution in [-0.4, -0.2) is 47.0 Å². The van der Waals surface area contributed by atoms with Crippen LogP contribution in [0.3, 0.4) is 0 Å². The standard InChI is InChI=1S/C15H17ClN4O2/c1-10(16)9-13(21)20-7-5-19(6-8-20)12-4-2-3-11-14(12)18-15(22)17-11/h2-4,9H,5-8H2,1H3,(H2,17,18,22)/b10-9-. The zero-order valence-electron chi connectivity index (χ0n) is 12.2. The quantitative estimate of drug-likeness (QED) is 0.826. The molecule has 2 heterocycles. The number of benzene rings is 1. The lowest BCUT2D eigenvalue weighted by Crippen LogP contribution is -2.48. The third-order valence-electron chi connectivity index (χ3n) is 3.78. The zero-order valence-corrected chi connectivity index (χ0v) is 13.0. The van der Waals surface area contributed by atoms with E-state index >= 15 is 0 Å². The van der Waals surface area contributed by atoms with E-state index in [2.05, 4.69) is 14.9 Å². The Labute approximate surface area is 132 Å². The van der Waals surface area contributed by atoms with Gasteiger partial charge < -0.3 is 19.8 Å². The fraction of sp³-hybridized carbons (Fsp3) is 0.333.